The van der Waals surface area contributed by atoms with Crippen molar-refractivity contribution in [3.8, 4) is 34.1 Å². The van der Waals surface area contributed by atoms with Crippen molar-refractivity contribution >= 4 is 11.6 Å². The van der Waals surface area contributed by atoms with Crippen LogP contribution in [0.4, 0.5) is 22.0 Å². The molecule has 0 saturated heterocycles. The van der Waals surface area contributed by atoms with E-state index in [1.165, 1.54) is 46.0 Å². The Balaban J connectivity index is 1.24. The molecule has 4 aromatic heterocycles. The van der Waals surface area contributed by atoms with Crippen LogP contribution in [0.15, 0.2) is 47.8 Å². The first kappa shape index (κ1) is 29.0. The average molecular weight is 648 g/mol. The number of nitrogens with one attached hydrogen (secondary N) is 1. The van der Waals surface area contributed by atoms with E-state index in [2.05, 4.69) is 30.5 Å². The Morgan fingerprint density at radius 3 is 2.67 bits per heavy atom. The Hall–Kier alpha value is -4.77. The summed E-state index contributed by atoms with van der Waals surface area (Å²) in [5.74, 6) is -1.89. The Bertz CT molecular complexity index is 1990. The number of aromatic nitrogens is 9. The van der Waals surface area contributed by atoms with Crippen molar-refractivity contribution in [3.05, 3.63) is 81.6 Å². The fraction of sp³-hybridized carbons (Fsp3) is 0.296. The highest BCUT2D eigenvalue weighted by Gasteiger charge is 2.55. The molecule has 2 aliphatic rings. The van der Waals surface area contributed by atoms with Crippen molar-refractivity contribution in [2.24, 2.45) is 0 Å². The summed E-state index contributed by atoms with van der Waals surface area (Å²) in [6.45, 7) is -1.25. The Morgan fingerprint density at radius 2 is 1.96 bits per heavy atom. The highest BCUT2D eigenvalue weighted by molar-refractivity contribution is 6.31. The van der Waals surface area contributed by atoms with Crippen LogP contribution in [0.5, 0.6) is 5.88 Å². The number of aliphatic hydroxyl groups excluding tert-OH is 1. The topological polar surface area (TPSA) is 150 Å². The molecule has 18 heteroatoms. The number of tetrazole rings is 1. The number of hydrogen-bond donors (Lipinski definition) is 2. The van der Waals surface area contributed by atoms with Gasteiger partial charge in [-0.05, 0) is 47.9 Å². The predicted molar refractivity (Wildman–Crippen MR) is 145 cm³/mol. The van der Waals surface area contributed by atoms with E-state index in [1.807, 2.05) is 0 Å². The second kappa shape index (κ2) is 10.4. The maximum absolute atomic E-state index is 15.5. The lowest BCUT2D eigenvalue weighted by Gasteiger charge is -2.15. The van der Waals surface area contributed by atoms with Gasteiger partial charge in [-0.3, -0.25) is 9.36 Å². The lowest BCUT2D eigenvalue weighted by atomic mass is 10.0. The zero-order chi connectivity index (χ0) is 31.7. The maximum atomic E-state index is 15.5. The van der Waals surface area contributed by atoms with Crippen molar-refractivity contribution in [2.75, 3.05) is 6.61 Å². The molecule has 1 aliphatic carbocycles. The van der Waals surface area contributed by atoms with Crippen LogP contribution in [0.2, 0.25) is 5.02 Å². The van der Waals surface area contributed by atoms with Crippen LogP contribution in [0.3, 0.4) is 0 Å². The fourth-order valence-electron chi connectivity index (χ4n) is 5.51. The van der Waals surface area contributed by atoms with E-state index in [-0.39, 0.29) is 33.2 Å². The molecule has 5 heterocycles. The lowest BCUT2D eigenvalue weighted by molar-refractivity contribution is -0.211. The van der Waals surface area contributed by atoms with Gasteiger partial charge in [-0.15, -0.1) is 5.10 Å². The Labute approximate surface area is 253 Å². The Morgan fingerprint density at radius 1 is 1.16 bits per heavy atom. The number of halogens is 6. The summed E-state index contributed by atoms with van der Waals surface area (Å²) in [5.41, 5.74) is -0.791. The monoisotopic (exact) mass is 647 g/mol. The van der Waals surface area contributed by atoms with Gasteiger partial charge in [0.1, 0.15) is 24.6 Å². The van der Waals surface area contributed by atoms with E-state index in [9.17, 15) is 23.1 Å². The molecule has 0 bridgehead atoms. The van der Waals surface area contributed by atoms with Gasteiger partial charge in [0.05, 0.1) is 33.7 Å². The number of fused-ring (bicyclic) bond motifs is 2. The summed E-state index contributed by atoms with van der Waals surface area (Å²) < 4.78 is 76.1. The molecule has 2 atom stereocenters. The molecule has 1 fully saturated rings. The van der Waals surface area contributed by atoms with Crippen LogP contribution in [0.1, 0.15) is 37.0 Å². The first-order valence-electron chi connectivity index (χ1n) is 13.4. The molecule has 1 saturated carbocycles. The van der Waals surface area contributed by atoms with Crippen molar-refractivity contribution in [1.29, 1.82) is 0 Å². The summed E-state index contributed by atoms with van der Waals surface area (Å²) in [6, 6.07) is 4.67. The van der Waals surface area contributed by atoms with Gasteiger partial charge >= 0.3 is 6.18 Å². The van der Waals surface area contributed by atoms with Crippen LogP contribution in [0, 0.1) is 11.6 Å². The van der Waals surface area contributed by atoms with Gasteiger partial charge in [0, 0.05) is 29.4 Å². The molecule has 0 radical (unpaired) electrons. The van der Waals surface area contributed by atoms with E-state index in [1.54, 1.807) is 0 Å². The number of benzene rings is 1. The number of imidazole rings is 1. The molecule has 1 aromatic carbocycles. The lowest BCUT2D eigenvalue weighted by Crippen LogP contribution is -2.34. The van der Waals surface area contributed by atoms with Crippen molar-refractivity contribution in [2.45, 2.75) is 43.0 Å². The number of hydrogen-bond acceptors (Lipinski definition) is 9. The summed E-state index contributed by atoms with van der Waals surface area (Å²) >= 11 is 6.09. The number of rotatable bonds is 7. The van der Waals surface area contributed by atoms with Gasteiger partial charge in [0.25, 0.3) is 11.4 Å². The highest BCUT2D eigenvalue weighted by atomic mass is 35.5. The molecular weight excluding hydrogens is 629 g/mol. The molecule has 1 spiro atoms. The third-order valence-corrected chi connectivity index (χ3v) is 8.19. The normalized spacial score (nSPS) is 17.4. The quantitative estimate of drug-likeness (QED) is 0.251. The first-order chi connectivity index (χ1) is 21.5. The molecule has 1 aliphatic heterocycles. The smallest absolute Gasteiger partial charge is 0.417 e. The number of alkyl halides is 3. The molecule has 0 unspecified atom stereocenters. The minimum atomic E-state index is -4.95. The van der Waals surface area contributed by atoms with Gasteiger partial charge in [0.15, 0.2) is 17.7 Å². The van der Waals surface area contributed by atoms with Gasteiger partial charge in [-0.1, -0.05) is 11.6 Å². The number of aliphatic hydroxyl groups is 1. The van der Waals surface area contributed by atoms with Gasteiger partial charge < -0.3 is 14.8 Å². The van der Waals surface area contributed by atoms with E-state index >= 15 is 8.78 Å². The van der Waals surface area contributed by atoms with Gasteiger partial charge in [-0.25, -0.2) is 23.7 Å². The van der Waals surface area contributed by atoms with E-state index < -0.39 is 53.4 Å². The molecule has 0 amide bonds. The van der Waals surface area contributed by atoms with E-state index in [4.69, 9.17) is 21.3 Å². The molecule has 7 rings (SSSR count). The summed E-state index contributed by atoms with van der Waals surface area (Å²) in [7, 11) is 0. The number of H-pyrrole nitrogens is 1. The second-order valence-corrected chi connectivity index (χ2v) is 11.1. The molecular formula is C27H19ClF5N9O3. The van der Waals surface area contributed by atoms with Crippen LogP contribution in [-0.4, -0.2) is 68.7 Å². The average Bonchev–Trinajstić information content (AvgIpc) is 3.34. The molecule has 232 valence electrons. The second-order valence-electron chi connectivity index (χ2n) is 10.7. The predicted octanol–water partition coefficient (Wildman–Crippen LogP) is 3.93. The van der Waals surface area contributed by atoms with Gasteiger partial charge in [-0.2, -0.15) is 17.9 Å². The first-order valence-corrected chi connectivity index (χ1v) is 13.8. The number of nitrogens with zero attached hydrogens (tertiary/aromatic N) is 8. The van der Waals surface area contributed by atoms with Crippen molar-refractivity contribution < 1.29 is 31.8 Å². The van der Waals surface area contributed by atoms with Crippen LogP contribution in [0.25, 0.3) is 28.2 Å². The third-order valence-electron chi connectivity index (χ3n) is 7.90. The van der Waals surface area contributed by atoms with Crippen LogP contribution < -0.4 is 10.3 Å². The minimum absolute atomic E-state index is 0.0471. The van der Waals surface area contributed by atoms with Crippen LogP contribution in [-0.2, 0) is 5.41 Å². The molecule has 45 heavy (non-hydrogen) atoms. The zero-order valence-corrected chi connectivity index (χ0v) is 23.4. The summed E-state index contributed by atoms with van der Waals surface area (Å²) in [4.78, 5) is 29.5. The maximum Gasteiger partial charge on any atom is 0.417 e. The Kier molecular flexibility index (Phi) is 6.70. The zero-order valence-electron chi connectivity index (χ0n) is 22.6. The van der Waals surface area contributed by atoms with Crippen molar-refractivity contribution in [1.82, 2.24) is 44.7 Å². The minimum Gasteiger partial charge on any atom is -0.472 e. The molecule has 5 aromatic rings. The van der Waals surface area contributed by atoms with Crippen molar-refractivity contribution in [3.63, 3.8) is 0 Å². The molecule has 2 N–H and O–H groups in total. The van der Waals surface area contributed by atoms with Gasteiger partial charge in [0.2, 0.25) is 0 Å². The number of ether oxygens (including phenoxy) is 1. The third kappa shape index (κ3) is 4.91. The number of pyridine rings is 1. The number of aromatic amines is 1. The largest absolute Gasteiger partial charge is 0.472 e. The van der Waals surface area contributed by atoms with E-state index in [0.717, 1.165) is 6.20 Å². The van der Waals surface area contributed by atoms with E-state index in [0.29, 0.717) is 30.9 Å². The highest BCUT2D eigenvalue weighted by Crippen LogP contribution is 2.58. The summed E-state index contributed by atoms with van der Waals surface area (Å²) in [5, 5.41) is 20.0. The standard InChI is InChI=1S/C27H19ClF5N9O3/c28-13-1-2-16(41-11-36-39-40-41)20(22(13)30)14-7-19(44)42-17(8-26(4-5-26)25(42)38-14)23-35-9-15(37-23)12-3-6-34-24(21(12)29)45-10-18(43)27(31,32)33/h1-3,6-7,9,11,17-18,43H,4-5,8,10H2,(H,35,37)/t17-,18-/m0/s1. The van der Waals surface area contributed by atoms with Crippen LogP contribution >= 0.6 is 11.6 Å². The molecule has 12 nitrogen and oxygen atoms in total. The SMILES string of the molecule is O=c1cc(-c2c(-n3cnnn3)ccc(Cl)c2F)nc2n1[C@H](c1nc(-c3ccnc(OC[C@H](O)C(F)(F)F)c3F)c[nH]1)CC21CC1. The summed E-state index contributed by atoms with van der Waals surface area (Å²) in [6.07, 6.45) is -2.13. The fourth-order valence-corrected chi connectivity index (χ4v) is 5.67.